The van der Waals surface area contributed by atoms with Crippen LogP contribution in [0.1, 0.15) is 156 Å². The molecule has 0 fully saturated rings. The summed E-state index contributed by atoms with van der Waals surface area (Å²) in [5.41, 5.74) is 0. The molecule has 176 valence electrons. The molecule has 0 saturated carbocycles. The van der Waals surface area contributed by atoms with Crippen molar-refractivity contribution in [1.82, 2.24) is 0 Å². The predicted octanol–water partition coefficient (Wildman–Crippen LogP) is 11.3. The fourth-order valence-corrected chi connectivity index (χ4v) is 18.9. The Morgan fingerprint density at radius 3 is 0.690 bits per heavy atom. The van der Waals surface area contributed by atoms with Crippen LogP contribution in [0, 0.1) is 0 Å². The molecule has 0 radical (unpaired) electrons. The summed E-state index contributed by atoms with van der Waals surface area (Å²) in [7, 11) is 0. The van der Waals surface area contributed by atoms with Crippen LogP contribution in [0.15, 0.2) is 0 Å². The summed E-state index contributed by atoms with van der Waals surface area (Å²) in [6, 6.07) is 0. The second kappa shape index (κ2) is 23.5. The molecule has 0 aromatic carbocycles. The molecule has 0 aliphatic heterocycles. The topological polar surface area (TPSA) is 0 Å². The Morgan fingerprint density at radius 1 is 0.276 bits per heavy atom. The third-order valence-electron chi connectivity index (χ3n) is 6.94. The average Bonchev–Trinajstić information content (AvgIpc) is 2.73. The Hall–Kier alpha value is 0.818. The van der Waals surface area contributed by atoms with Crippen molar-refractivity contribution in [3.05, 3.63) is 0 Å². The normalized spacial score (nSPS) is 12.0. The van der Waals surface area contributed by atoms with Crippen LogP contribution < -0.4 is 0 Å². The van der Waals surface area contributed by atoms with Gasteiger partial charge in [-0.2, -0.15) is 0 Å². The number of rotatable bonds is 24. The molecule has 0 N–H and O–H groups in total. The van der Waals surface area contributed by atoms with Crippen LogP contribution in [0.5, 0.6) is 0 Å². The van der Waals surface area contributed by atoms with E-state index in [2.05, 4.69) is 27.7 Å². The van der Waals surface area contributed by atoms with E-state index in [1.54, 1.807) is 43.2 Å². The van der Waals surface area contributed by atoms with Gasteiger partial charge in [-0.25, -0.2) is 0 Å². The van der Waals surface area contributed by atoms with Crippen LogP contribution in [0.4, 0.5) is 0 Å². The van der Waals surface area contributed by atoms with Gasteiger partial charge in [-0.15, -0.1) is 0 Å². The van der Waals surface area contributed by atoms with Crippen LogP contribution in [0.2, 0.25) is 17.5 Å². The maximum absolute atomic E-state index is 2.35. The van der Waals surface area contributed by atoms with Crippen LogP contribution in [0.3, 0.4) is 0 Å². The van der Waals surface area contributed by atoms with Crippen LogP contribution >= 0.6 is 0 Å². The van der Waals surface area contributed by atoms with Crippen molar-refractivity contribution < 1.29 is 0 Å². The van der Waals surface area contributed by atoms with Gasteiger partial charge in [-0.3, -0.25) is 0 Å². The van der Waals surface area contributed by atoms with E-state index in [1.807, 2.05) is 0 Å². The van der Waals surface area contributed by atoms with Crippen molar-refractivity contribution in [1.29, 1.82) is 0 Å². The Morgan fingerprint density at radius 2 is 0.483 bits per heavy atom. The molecule has 0 aromatic heterocycles. The molecular weight excluding hydrogens is 458 g/mol. The Kier molecular flexibility index (Phi) is 24.1. The summed E-state index contributed by atoms with van der Waals surface area (Å²) < 4.78 is 6.94. The van der Waals surface area contributed by atoms with Crippen molar-refractivity contribution in [2.24, 2.45) is 0 Å². The van der Waals surface area contributed by atoms with Crippen LogP contribution in [0.25, 0.3) is 0 Å². The molecule has 0 atom stereocenters. The molecule has 0 unspecified atom stereocenters. The zero-order chi connectivity index (χ0) is 21.5. The molecule has 0 aliphatic carbocycles. The average molecular weight is 519 g/mol. The molecule has 0 aromatic rings. The molecule has 0 aliphatic rings. The molecule has 0 saturated heterocycles. The Bertz CT molecular complexity index is 237. The van der Waals surface area contributed by atoms with Crippen molar-refractivity contribution in [3.63, 3.8) is 0 Å². The molecule has 1 heteroatoms. The minimum absolute atomic E-state index is 1.39. The summed E-state index contributed by atoms with van der Waals surface area (Å²) in [5, 5.41) is 0. The molecule has 0 nitrogen and oxygen atoms in total. The van der Waals surface area contributed by atoms with Crippen molar-refractivity contribution >= 4 is 18.8 Å². The first-order valence-electron chi connectivity index (χ1n) is 14.1. The zero-order valence-electron chi connectivity index (χ0n) is 21.4. The van der Waals surface area contributed by atoms with E-state index >= 15 is 0 Å². The fourth-order valence-electron chi connectivity index (χ4n) is 4.87. The van der Waals surface area contributed by atoms with Gasteiger partial charge in [0, 0.05) is 0 Å². The van der Waals surface area contributed by atoms with Gasteiger partial charge >= 0.3 is 192 Å². The van der Waals surface area contributed by atoms with Crippen LogP contribution in [-0.4, -0.2) is 18.8 Å². The first kappa shape index (κ1) is 29.8. The summed E-state index contributed by atoms with van der Waals surface area (Å²) in [4.78, 5) is 0. The van der Waals surface area contributed by atoms with E-state index in [9.17, 15) is 0 Å². The SMILES string of the molecule is CCCCCC[CH2][Sb+]([CH2]CCCCCC)([CH2]CCCCCC)[CH2]CCCCCC. The van der Waals surface area contributed by atoms with Gasteiger partial charge < -0.3 is 0 Å². The summed E-state index contributed by atoms with van der Waals surface area (Å²) in [6.45, 7) is 9.41. The van der Waals surface area contributed by atoms with Crippen molar-refractivity contribution in [2.45, 2.75) is 174 Å². The Balaban J connectivity index is 4.69. The van der Waals surface area contributed by atoms with E-state index < -0.39 is 18.8 Å². The minimum atomic E-state index is -1.80. The molecule has 0 spiro atoms. The molecule has 0 bridgehead atoms. The first-order chi connectivity index (χ1) is 14.2. The molecule has 0 rings (SSSR count). The second-order valence-corrected chi connectivity index (χ2v) is 22.7. The predicted molar refractivity (Wildman–Crippen MR) is 140 cm³/mol. The van der Waals surface area contributed by atoms with Gasteiger partial charge in [0.05, 0.1) is 0 Å². The van der Waals surface area contributed by atoms with E-state index in [0.717, 1.165) is 0 Å². The first-order valence-corrected chi connectivity index (χ1v) is 21.3. The maximum atomic E-state index is 2.35. The second-order valence-electron chi connectivity index (χ2n) is 9.89. The van der Waals surface area contributed by atoms with Gasteiger partial charge in [0.2, 0.25) is 0 Å². The standard InChI is InChI=1S/4C7H15.Sb/c4*1-3-5-7-6-4-2;/h4*1,3-7H2,2H3;/q;;;;+1. The van der Waals surface area contributed by atoms with Crippen LogP contribution in [-0.2, 0) is 0 Å². The monoisotopic (exact) mass is 517 g/mol. The number of hydrogen-bond acceptors (Lipinski definition) is 0. The number of unbranched alkanes of at least 4 members (excludes halogenated alkanes) is 16. The van der Waals surface area contributed by atoms with E-state index in [4.69, 9.17) is 0 Å². The van der Waals surface area contributed by atoms with Gasteiger partial charge in [0.15, 0.2) is 0 Å². The van der Waals surface area contributed by atoms with Gasteiger partial charge in [0.25, 0.3) is 0 Å². The summed E-state index contributed by atoms with van der Waals surface area (Å²) in [5.74, 6) is 0. The molecule has 29 heavy (non-hydrogen) atoms. The molecule has 0 amide bonds. The summed E-state index contributed by atoms with van der Waals surface area (Å²) >= 11 is -1.80. The third kappa shape index (κ3) is 19.2. The third-order valence-corrected chi connectivity index (χ3v) is 21.4. The molecular formula is C28H60Sb+. The number of hydrogen-bond donors (Lipinski definition) is 0. The zero-order valence-corrected chi connectivity index (χ0v) is 24.0. The van der Waals surface area contributed by atoms with Gasteiger partial charge in [-0.05, 0) is 0 Å². The quantitative estimate of drug-likeness (QED) is 0.0880. The molecule has 0 heterocycles. The van der Waals surface area contributed by atoms with Gasteiger partial charge in [0.1, 0.15) is 0 Å². The van der Waals surface area contributed by atoms with Gasteiger partial charge in [-0.1, -0.05) is 0 Å². The van der Waals surface area contributed by atoms with E-state index in [1.165, 1.54) is 103 Å². The van der Waals surface area contributed by atoms with E-state index in [0.29, 0.717) is 0 Å². The summed E-state index contributed by atoms with van der Waals surface area (Å²) in [6.07, 6.45) is 29.9. The Labute approximate surface area is 191 Å². The van der Waals surface area contributed by atoms with Crippen molar-refractivity contribution in [2.75, 3.05) is 0 Å². The fraction of sp³-hybridized carbons (Fsp3) is 1.00. The van der Waals surface area contributed by atoms with E-state index in [-0.39, 0.29) is 0 Å². The van der Waals surface area contributed by atoms with Crippen molar-refractivity contribution in [3.8, 4) is 0 Å².